The summed E-state index contributed by atoms with van der Waals surface area (Å²) >= 11 is 0. The van der Waals surface area contributed by atoms with Gasteiger partial charge in [0.05, 0.1) is 12.1 Å². The second kappa shape index (κ2) is 8.43. The van der Waals surface area contributed by atoms with E-state index in [0.717, 1.165) is 11.1 Å². The summed E-state index contributed by atoms with van der Waals surface area (Å²) in [5.41, 5.74) is 6.91. The lowest BCUT2D eigenvalue weighted by Crippen LogP contribution is -2.47. The maximum Gasteiger partial charge on any atom is 0.276 e. The van der Waals surface area contributed by atoms with Gasteiger partial charge in [-0.1, -0.05) is 30.3 Å². The summed E-state index contributed by atoms with van der Waals surface area (Å²) in [6.07, 6.45) is -1.21. The molecule has 0 fully saturated rings. The van der Waals surface area contributed by atoms with E-state index in [2.05, 4.69) is 16.2 Å². The Balaban J connectivity index is 1.45. The number of para-hydroxylation sites is 3. The van der Waals surface area contributed by atoms with E-state index in [-0.39, 0.29) is 13.0 Å². The second-order valence-corrected chi connectivity index (χ2v) is 6.40. The average molecular weight is 383 g/mol. The molecule has 0 aromatic heterocycles. The van der Waals surface area contributed by atoms with Crippen LogP contribution < -0.4 is 25.6 Å². The van der Waals surface area contributed by atoms with Crippen LogP contribution in [-0.2, 0) is 14.4 Å². The van der Waals surface area contributed by atoms with Gasteiger partial charge in [0.25, 0.3) is 11.8 Å². The molecule has 3 rings (SSSR count). The van der Waals surface area contributed by atoms with Crippen LogP contribution in [0.5, 0.6) is 11.5 Å². The lowest BCUT2D eigenvalue weighted by Gasteiger charge is -2.25. The first-order valence-electron chi connectivity index (χ1n) is 8.77. The third-order valence-electron chi connectivity index (χ3n) is 4.18. The van der Waals surface area contributed by atoms with E-state index in [0.29, 0.717) is 17.2 Å². The fourth-order valence-electron chi connectivity index (χ4n) is 2.79. The van der Waals surface area contributed by atoms with Gasteiger partial charge in [-0.15, -0.1) is 0 Å². The summed E-state index contributed by atoms with van der Waals surface area (Å²) in [7, 11) is 0. The minimum absolute atomic E-state index is 0.238. The number of hydrogen-bond acceptors (Lipinski definition) is 5. The van der Waals surface area contributed by atoms with Crippen molar-refractivity contribution in [3.05, 3.63) is 53.6 Å². The molecular weight excluding hydrogens is 362 g/mol. The number of hydrogen-bond donors (Lipinski definition) is 3. The van der Waals surface area contributed by atoms with Crippen LogP contribution in [0.15, 0.2) is 42.5 Å². The van der Waals surface area contributed by atoms with Crippen LogP contribution in [0, 0.1) is 13.8 Å². The molecule has 1 heterocycles. The maximum atomic E-state index is 12.0. The highest BCUT2D eigenvalue weighted by atomic mass is 16.5. The first-order chi connectivity index (χ1) is 13.4. The largest absolute Gasteiger partial charge is 0.483 e. The zero-order chi connectivity index (χ0) is 20.1. The topological polar surface area (TPSA) is 106 Å². The van der Waals surface area contributed by atoms with Crippen molar-refractivity contribution < 1.29 is 23.9 Å². The Morgan fingerprint density at radius 3 is 2.46 bits per heavy atom. The molecule has 0 saturated heterocycles. The number of carbonyl (C=O) groups is 3. The summed E-state index contributed by atoms with van der Waals surface area (Å²) in [5, 5.41) is 2.68. The van der Waals surface area contributed by atoms with Crippen molar-refractivity contribution in [2.24, 2.45) is 0 Å². The fraction of sp³-hybridized carbons (Fsp3) is 0.250. The second-order valence-electron chi connectivity index (χ2n) is 6.40. The number of amides is 3. The van der Waals surface area contributed by atoms with E-state index in [1.807, 2.05) is 32.0 Å². The quantitative estimate of drug-likeness (QED) is 0.681. The summed E-state index contributed by atoms with van der Waals surface area (Å²) < 4.78 is 11.1. The smallest absolute Gasteiger partial charge is 0.276 e. The number of fused-ring (bicyclic) bond motifs is 1. The molecule has 1 atom stereocenters. The maximum absolute atomic E-state index is 12.0. The number of benzene rings is 2. The molecule has 146 valence electrons. The third kappa shape index (κ3) is 4.59. The predicted molar refractivity (Wildman–Crippen MR) is 102 cm³/mol. The molecule has 0 saturated carbocycles. The third-order valence-corrected chi connectivity index (χ3v) is 4.18. The summed E-state index contributed by atoms with van der Waals surface area (Å²) in [6, 6.07) is 12.6. The Hall–Kier alpha value is -3.55. The molecule has 0 spiro atoms. The molecule has 0 unspecified atom stereocenters. The molecule has 1 aliphatic rings. The van der Waals surface area contributed by atoms with E-state index < -0.39 is 23.8 Å². The molecule has 3 N–H and O–H groups in total. The minimum atomic E-state index is -0.974. The van der Waals surface area contributed by atoms with E-state index in [1.165, 1.54) is 0 Å². The van der Waals surface area contributed by atoms with Crippen LogP contribution in [-0.4, -0.2) is 30.4 Å². The van der Waals surface area contributed by atoms with Gasteiger partial charge in [-0.2, -0.15) is 0 Å². The lowest BCUT2D eigenvalue weighted by atomic mass is 10.1. The molecule has 8 heteroatoms. The van der Waals surface area contributed by atoms with Crippen LogP contribution in [0.3, 0.4) is 0 Å². The molecule has 0 bridgehead atoms. The van der Waals surface area contributed by atoms with Crippen LogP contribution in [0.25, 0.3) is 0 Å². The monoisotopic (exact) mass is 383 g/mol. The fourth-order valence-corrected chi connectivity index (χ4v) is 2.79. The highest BCUT2D eigenvalue weighted by Crippen LogP contribution is 2.29. The normalized spacial score (nSPS) is 14.9. The van der Waals surface area contributed by atoms with Gasteiger partial charge in [0.15, 0.2) is 12.7 Å². The highest BCUT2D eigenvalue weighted by Gasteiger charge is 2.29. The van der Waals surface area contributed by atoms with Gasteiger partial charge in [-0.25, -0.2) is 0 Å². The Morgan fingerprint density at radius 1 is 1.04 bits per heavy atom. The van der Waals surface area contributed by atoms with Crippen molar-refractivity contribution >= 4 is 23.4 Å². The molecule has 2 aromatic rings. The molecule has 1 aliphatic heterocycles. The molecule has 28 heavy (non-hydrogen) atoms. The SMILES string of the molecule is Cc1cccc(C)c1OCC(=O)NNC(=O)C[C@H]1Oc2ccccc2NC1=O. The molecule has 0 radical (unpaired) electrons. The van der Waals surface area contributed by atoms with Crippen LogP contribution in [0.1, 0.15) is 17.5 Å². The lowest BCUT2D eigenvalue weighted by molar-refractivity contribution is -0.133. The van der Waals surface area contributed by atoms with Gasteiger partial charge < -0.3 is 14.8 Å². The van der Waals surface area contributed by atoms with Crippen LogP contribution >= 0.6 is 0 Å². The van der Waals surface area contributed by atoms with E-state index in [1.54, 1.807) is 24.3 Å². The Labute approximate surface area is 162 Å². The van der Waals surface area contributed by atoms with Gasteiger partial charge in [0, 0.05) is 0 Å². The standard InChI is InChI=1S/C20H21N3O5/c1-12-6-5-7-13(2)19(12)27-11-18(25)23-22-17(24)10-16-20(26)21-14-8-3-4-9-15(14)28-16/h3-9,16H,10-11H2,1-2H3,(H,21,26)(H,22,24)(H,23,25)/t16-/m1/s1. The van der Waals surface area contributed by atoms with Crippen molar-refractivity contribution in [2.45, 2.75) is 26.4 Å². The van der Waals surface area contributed by atoms with Crippen LogP contribution in [0.2, 0.25) is 0 Å². The number of carbonyl (C=O) groups excluding carboxylic acids is 3. The van der Waals surface area contributed by atoms with Crippen LogP contribution in [0.4, 0.5) is 5.69 Å². The molecule has 3 amide bonds. The number of nitrogens with one attached hydrogen (secondary N) is 3. The predicted octanol–water partition coefficient (Wildman–Crippen LogP) is 1.62. The first-order valence-corrected chi connectivity index (χ1v) is 8.77. The Kier molecular flexibility index (Phi) is 5.78. The van der Waals surface area contributed by atoms with Gasteiger partial charge in [-0.3, -0.25) is 25.2 Å². The van der Waals surface area contributed by atoms with Crippen molar-refractivity contribution in [2.75, 3.05) is 11.9 Å². The van der Waals surface area contributed by atoms with Gasteiger partial charge >= 0.3 is 0 Å². The zero-order valence-corrected chi connectivity index (χ0v) is 15.6. The minimum Gasteiger partial charge on any atom is -0.483 e. The molecule has 0 aliphatic carbocycles. The number of ether oxygens (including phenoxy) is 2. The first kappa shape index (κ1) is 19.2. The molecule has 8 nitrogen and oxygen atoms in total. The summed E-state index contributed by atoms with van der Waals surface area (Å²) in [5.74, 6) is -0.366. The number of aryl methyl sites for hydroxylation is 2. The average Bonchev–Trinajstić information content (AvgIpc) is 2.66. The van der Waals surface area contributed by atoms with E-state index in [4.69, 9.17) is 9.47 Å². The number of hydrazine groups is 1. The van der Waals surface area contributed by atoms with Crippen molar-refractivity contribution in [3.8, 4) is 11.5 Å². The van der Waals surface area contributed by atoms with Gasteiger partial charge in [0.2, 0.25) is 5.91 Å². The highest BCUT2D eigenvalue weighted by molar-refractivity contribution is 6.00. The zero-order valence-electron chi connectivity index (χ0n) is 15.6. The summed E-state index contributed by atoms with van der Waals surface area (Å²) in [6.45, 7) is 3.52. The van der Waals surface area contributed by atoms with E-state index >= 15 is 0 Å². The van der Waals surface area contributed by atoms with E-state index in [9.17, 15) is 14.4 Å². The molecule has 2 aromatic carbocycles. The van der Waals surface area contributed by atoms with Gasteiger partial charge in [-0.05, 0) is 37.1 Å². The Morgan fingerprint density at radius 2 is 1.71 bits per heavy atom. The van der Waals surface area contributed by atoms with Crippen molar-refractivity contribution in [1.29, 1.82) is 0 Å². The summed E-state index contributed by atoms with van der Waals surface area (Å²) in [4.78, 5) is 36.0. The van der Waals surface area contributed by atoms with Crippen molar-refractivity contribution in [3.63, 3.8) is 0 Å². The Bertz CT molecular complexity index is 892. The molecular formula is C20H21N3O5. The number of rotatable bonds is 5. The van der Waals surface area contributed by atoms with Gasteiger partial charge in [0.1, 0.15) is 11.5 Å². The van der Waals surface area contributed by atoms with Crippen molar-refractivity contribution in [1.82, 2.24) is 10.9 Å². The number of anilines is 1.